The van der Waals surface area contributed by atoms with Gasteiger partial charge in [0.05, 0.1) is 24.0 Å². The Hall–Kier alpha value is -1.79. The van der Waals surface area contributed by atoms with E-state index in [2.05, 4.69) is 4.72 Å². The topological polar surface area (TPSA) is 68.5 Å². The van der Waals surface area contributed by atoms with Crippen LogP contribution in [0.5, 0.6) is 5.75 Å². The minimum absolute atomic E-state index is 0.223. The molecular weight excluding hydrogens is 290 g/mol. The molecule has 0 spiro atoms. The number of ether oxygens (including phenoxy) is 1. The van der Waals surface area contributed by atoms with E-state index < -0.39 is 10.0 Å². The number of rotatable bonds is 7. The zero-order valence-electron chi connectivity index (χ0n) is 12.1. The molecule has 0 radical (unpaired) electrons. The van der Waals surface area contributed by atoms with Crippen LogP contribution in [0.25, 0.3) is 0 Å². The molecule has 1 aromatic heterocycles. The van der Waals surface area contributed by atoms with Crippen LogP contribution < -0.4 is 9.46 Å². The van der Waals surface area contributed by atoms with Gasteiger partial charge in [0.2, 0.25) is 10.0 Å². The van der Waals surface area contributed by atoms with Crippen LogP contribution in [0.1, 0.15) is 19.4 Å². The fourth-order valence-electron chi connectivity index (χ4n) is 2.02. The summed E-state index contributed by atoms with van der Waals surface area (Å²) in [7, 11) is -3.53. The Morgan fingerprint density at radius 1 is 1.24 bits per heavy atom. The summed E-state index contributed by atoms with van der Waals surface area (Å²) in [5, 5.41) is 0. The summed E-state index contributed by atoms with van der Waals surface area (Å²) in [5.41, 5.74) is 0.955. The Labute approximate surface area is 125 Å². The molecule has 5 nitrogen and oxygen atoms in total. The van der Waals surface area contributed by atoms with Crippen LogP contribution in [0.15, 0.2) is 52.2 Å². The molecule has 0 aliphatic rings. The summed E-state index contributed by atoms with van der Waals surface area (Å²) in [6.45, 7) is 4.24. The van der Waals surface area contributed by atoms with Gasteiger partial charge in [0.15, 0.2) is 0 Å². The highest BCUT2D eigenvalue weighted by atomic mass is 32.2. The number of benzene rings is 1. The molecule has 6 heteroatoms. The van der Waals surface area contributed by atoms with Crippen LogP contribution in [0, 0.1) is 0 Å². The van der Waals surface area contributed by atoms with E-state index in [1.165, 1.54) is 12.1 Å². The van der Waals surface area contributed by atoms with Crippen molar-refractivity contribution in [2.75, 3.05) is 6.61 Å². The van der Waals surface area contributed by atoms with Gasteiger partial charge in [-0.1, -0.05) is 0 Å². The zero-order chi connectivity index (χ0) is 15.3. The van der Waals surface area contributed by atoms with E-state index in [0.29, 0.717) is 18.8 Å². The van der Waals surface area contributed by atoms with Gasteiger partial charge in [0.1, 0.15) is 5.75 Å². The van der Waals surface area contributed by atoms with Crippen molar-refractivity contribution >= 4 is 10.0 Å². The molecule has 21 heavy (non-hydrogen) atoms. The molecule has 0 bridgehead atoms. The first-order chi connectivity index (χ1) is 10.0. The summed E-state index contributed by atoms with van der Waals surface area (Å²) < 4.78 is 37.5. The van der Waals surface area contributed by atoms with Crippen LogP contribution in [0.2, 0.25) is 0 Å². The lowest BCUT2D eigenvalue weighted by molar-refractivity contribution is 0.340. The summed E-state index contributed by atoms with van der Waals surface area (Å²) in [6.07, 6.45) is 3.76. The predicted molar refractivity (Wildman–Crippen MR) is 79.8 cm³/mol. The molecule has 2 rings (SSSR count). The maximum Gasteiger partial charge on any atom is 0.240 e. The van der Waals surface area contributed by atoms with E-state index >= 15 is 0 Å². The van der Waals surface area contributed by atoms with Crippen molar-refractivity contribution in [2.24, 2.45) is 0 Å². The second-order valence-corrected chi connectivity index (χ2v) is 6.48. The van der Waals surface area contributed by atoms with Gasteiger partial charge in [-0.2, -0.15) is 0 Å². The molecule has 0 aliphatic heterocycles. The average Bonchev–Trinajstić information content (AvgIpc) is 2.92. The van der Waals surface area contributed by atoms with Crippen LogP contribution in [-0.4, -0.2) is 21.1 Å². The van der Waals surface area contributed by atoms with E-state index in [-0.39, 0.29) is 10.9 Å². The minimum Gasteiger partial charge on any atom is -0.494 e. The molecule has 0 amide bonds. The molecule has 0 fully saturated rings. The van der Waals surface area contributed by atoms with Gasteiger partial charge >= 0.3 is 0 Å². The normalized spacial score (nSPS) is 13.0. The molecule has 1 N–H and O–H groups in total. The fourth-order valence-corrected chi connectivity index (χ4v) is 3.26. The largest absolute Gasteiger partial charge is 0.494 e. The molecule has 1 aromatic carbocycles. The van der Waals surface area contributed by atoms with Crippen LogP contribution in [-0.2, 0) is 16.4 Å². The molecule has 114 valence electrons. The first-order valence-electron chi connectivity index (χ1n) is 6.77. The van der Waals surface area contributed by atoms with Crippen molar-refractivity contribution < 1.29 is 17.6 Å². The highest BCUT2D eigenvalue weighted by molar-refractivity contribution is 7.89. The quantitative estimate of drug-likeness (QED) is 0.853. The zero-order valence-corrected chi connectivity index (χ0v) is 12.9. The molecule has 0 saturated heterocycles. The predicted octanol–water partition coefficient (Wildman–Crippen LogP) is 2.59. The first kappa shape index (κ1) is 15.6. The van der Waals surface area contributed by atoms with E-state index in [1.54, 1.807) is 24.7 Å². The van der Waals surface area contributed by atoms with Gasteiger partial charge in [0.25, 0.3) is 0 Å². The molecule has 1 heterocycles. The van der Waals surface area contributed by atoms with Gasteiger partial charge in [-0.25, -0.2) is 13.1 Å². The monoisotopic (exact) mass is 309 g/mol. The van der Waals surface area contributed by atoms with Gasteiger partial charge in [-0.15, -0.1) is 0 Å². The molecule has 1 unspecified atom stereocenters. The third-order valence-corrected chi connectivity index (χ3v) is 4.53. The van der Waals surface area contributed by atoms with Crippen LogP contribution in [0.3, 0.4) is 0 Å². The number of sulfonamides is 1. The van der Waals surface area contributed by atoms with Crippen molar-refractivity contribution in [2.45, 2.75) is 31.2 Å². The highest BCUT2D eigenvalue weighted by Gasteiger charge is 2.17. The summed E-state index contributed by atoms with van der Waals surface area (Å²) in [5.74, 6) is 0.655. The van der Waals surface area contributed by atoms with Crippen LogP contribution >= 0.6 is 0 Å². The standard InChI is InChI=1S/C15H19NO4S/c1-3-20-14-4-6-15(7-5-14)21(17,18)16-12(2)10-13-8-9-19-11-13/h4-9,11-12,16H,3,10H2,1-2H3. The second-order valence-electron chi connectivity index (χ2n) is 4.76. The Morgan fingerprint density at radius 3 is 2.52 bits per heavy atom. The summed E-state index contributed by atoms with van der Waals surface area (Å²) >= 11 is 0. The van der Waals surface area contributed by atoms with E-state index in [0.717, 1.165) is 5.56 Å². The van der Waals surface area contributed by atoms with E-state index in [1.807, 2.05) is 19.9 Å². The van der Waals surface area contributed by atoms with E-state index in [9.17, 15) is 8.42 Å². The third kappa shape index (κ3) is 4.34. The highest BCUT2D eigenvalue weighted by Crippen LogP contribution is 2.16. The van der Waals surface area contributed by atoms with Gasteiger partial charge in [-0.3, -0.25) is 0 Å². The third-order valence-electron chi connectivity index (χ3n) is 2.92. The number of hydrogen-bond acceptors (Lipinski definition) is 4. The number of furan rings is 1. The lowest BCUT2D eigenvalue weighted by Crippen LogP contribution is -2.34. The Kier molecular flexibility index (Phi) is 5.03. The van der Waals surface area contributed by atoms with Gasteiger partial charge in [0, 0.05) is 6.04 Å². The molecule has 0 aliphatic carbocycles. The second kappa shape index (κ2) is 6.78. The molecule has 1 atom stereocenters. The number of hydrogen-bond donors (Lipinski definition) is 1. The number of nitrogens with one attached hydrogen (secondary N) is 1. The van der Waals surface area contributed by atoms with Crippen molar-refractivity contribution in [3.63, 3.8) is 0 Å². The average molecular weight is 309 g/mol. The minimum atomic E-state index is -3.53. The van der Waals surface area contributed by atoms with Gasteiger partial charge < -0.3 is 9.15 Å². The molecule has 2 aromatic rings. The van der Waals surface area contributed by atoms with Crippen molar-refractivity contribution in [1.82, 2.24) is 4.72 Å². The first-order valence-corrected chi connectivity index (χ1v) is 8.26. The van der Waals surface area contributed by atoms with Crippen molar-refractivity contribution in [3.8, 4) is 5.75 Å². The fraction of sp³-hybridized carbons (Fsp3) is 0.333. The van der Waals surface area contributed by atoms with Crippen molar-refractivity contribution in [3.05, 3.63) is 48.4 Å². The van der Waals surface area contributed by atoms with Crippen molar-refractivity contribution in [1.29, 1.82) is 0 Å². The lowest BCUT2D eigenvalue weighted by atomic mass is 10.1. The Balaban J connectivity index is 2.03. The van der Waals surface area contributed by atoms with Gasteiger partial charge in [-0.05, 0) is 56.2 Å². The summed E-state index contributed by atoms with van der Waals surface area (Å²) in [4.78, 5) is 0.227. The SMILES string of the molecule is CCOc1ccc(S(=O)(=O)NC(C)Cc2ccoc2)cc1. The Bertz CT molecular complexity index is 647. The maximum absolute atomic E-state index is 12.3. The maximum atomic E-state index is 12.3. The van der Waals surface area contributed by atoms with E-state index in [4.69, 9.17) is 9.15 Å². The lowest BCUT2D eigenvalue weighted by Gasteiger charge is -2.13. The smallest absolute Gasteiger partial charge is 0.240 e. The Morgan fingerprint density at radius 2 is 1.95 bits per heavy atom. The summed E-state index contributed by atoms with van der Waals surface area (Å²) in [6, 6.07) is 7.98. The molecular formula is C15H19NO4S. The molecule has 0 saturated carbocycles. The van der Waals surface area contributed by atoms with Crippen LogP contribution in [0.4, 0.5) is 0 Å².